The molecule has 0 aliphatic rings. The van der Waals surface area contributed by atoms with Gasteiger partial charge in [0.05, 0.1) is 0 Å². The third-order valence-corrected chi connectivity index (χ3v) is 5.94. The van der Waals surface area contributed by atoms with Gasteiger partial charge in [-0.15, -0.1) is 0 Å². The molecular weight excluding hydrogens is 224 g/mol. The average Bonchev–Trinajstić information content (AvgIpc) is 2.40. The second-order valence-corrected chi connectivity index (χ2v) is 8.66. The Morgan fingerprint density at radius 3 is 1.82 bits per heavy atom. The van der Waals surface area contributed by atoms with Gasteiger partial charge >= 0.3 is 0 Å². The van der Waals surface area contributed by atoms with Gasteiger partial charge in [0.15, 0.2) is 0 Å². The van der Waals surface area contributed by atoms with Crippen molar-refractivity contribution in [2.45, 2.75) is 13.1 Å². The fourth-order valence-electron chi connectivity index (χ4n) is 1.81. The molecule has 2 rings (SSSR count). The lowest BCUT2D eigenvalue weighted by molar-refractivity contribution is 0.416. The highest BCUT2D eigenvalue weighted by atomic mass is 28.4. The molecule has 0 unspecified atom stereocenters. The Hall–Kier alpha value is -1.38. The molecule has 0 heterocycles. The molecule has 1 nitrogen and oxygen atoms in total. The molecule has 0 amide bonds. The Kier molecular flexibility index (Phi) is 3.45. The van der Waals surface area contributed by atoms with Crippen molar-refractivity contribution in [1.82, 2.24) is 0 Å². The number of hydrogen-bond acceptors (Lipinski definition) is 1. The van der Waals surface area contributed by atoms with Crippen LogP contribution in [0.2, 0.25) is 13.1 Å². The maximum Gasteiger partial charge on any atom is 0.217 e. The van der Waals surface area contributed by atoms with Crippen LogP contribution in [0.15, 0.2) is 54.6 Å². The van der Waals surface area contributed by atoms with Crippen molar-refractivity contribution >= 4 is 13.5 Å². The molecule has 2 aromatic rings. The molecule has 0 aliphatic heterocycles. The minimum atomic E-state index is -1.68. The summed E-state index contributed by atoms with van der Waals surface area (Å²) >= 11 is 0. The van der Waals surface area contributed by atoms with Crippen molar-refractivity contribution in [3.05, 3.63) is 54.6 Å². The first-order valence-corrected chi connectivity index (χ1v) is 8.75. The number of benzene rings is 2. The molecule has 0 bridgehead atoms. The molecule has 0 atom stereocenters. The molecule has 2 aromatic carbocycles. The lowest BCUT2D eigenvalue weighted by atomic mass is 10.1. The van der Waals surface area contributed by atoms with Crippen LogP contribution < -0.4 is 5.19 Å². The monoisotopic (exact) mass is 242 g/mol. The Labute approximate surface area is 104 Å². The first-order valence-electron chi connectivity index (χ1n) is 5.84. The van der Waals surface area contributed by atoms with Gasteiger partial charge in [-0.25, -0.2) is 0 Å². The Morgan fingerprint density at radius 1 is 0.765 bits per heavy atom. The van der Waals surface area contributed by atoms with Gasteiger partial charge in [-0.05, 0) is 29.4 Å². The fourth-order valence-corrected chi connectivity index (χ4v) is 3.02. The molecule has 0 saturated heterocycles. The summed E-state index contributed by atoms with van der Waals surface area (Å²) in [4.78, 5) is 0. The summed E-state index contributed by atoms with van der Waals surface area (Å²) < 4.78 is 5.61. The van der Waals surface area contributed by atoms with Crippen LogP contribution in [-0.4, -0.2) is 15.4 Å². The quantitative estimate of drug-likeness (QED) is 0.749. The summed E-state index contributed by atoms with van der Waals surface area (Å²) in [7, 11) is 0.126. The van der Waals surface area contributed by atoms with E-state index in [4.69, 9.17) is 4.43 Å². The summed E-state index contributed by atoms with van der Waals surface area (Å²) in [5.41, 5.74) is 2.52. The van der Waals surface area contributed by atoms with Crippen molar-refractivity contribution in [3.63, 3.8) is 0 Å². The summed E-state index contributed by atoms with van der Waals surface area (Å²) in [6.07, 6.45) is 0. The lowest BCUT2D eigenvalue weighted by Crippen LogP contribution is -2.43. The van der Waals surface area contributed by atoms with Gasteiger partial charge in [0.25, 0.3) is 0 Å². The van der Waals surface area contributed by atoms with E-state index in [1.54, 1.807) is 7.11 Å². The zero-order valence-corrected chi connectivity index (χ0v) is 11.6. The molecule has 0 N–H and O–H groups in total. The summed E-state index contributed by atoms with van der Waals surface area (Å²) in [5.74, 6) is 0. The highest BCUT2D eigenvalue weighted by Gasteiger charge is 2.23. The zero-order chi connectivity index (χ0) is 12.3. The van der Waals surface area contributed by atoms with Crippen LogP contribution in [0.3, 0.4) is 0 Å². The summed E-state index contributed by atoms with van der Waals surface area (Å²) in [6.45, 7) is 4.43. The molecule has 0 aromatic heterocycles. The van der Waals surface area contributed by atoms with Crippen LogP contribution in [0.4, 0.5) is 0 Å². The predicted octanol–water partition coefficient (Wildman–Crippen LogP) is 3.41. The van der Waals surface area contributed by atoms with Crippen LogP contribution in [-0.2, 0) is 4.43 Å². The lowest BCUT2D eigenvalue weighted by Gasteiger charge is -2.20. The van der Waals surface area contributed by atoms with E-state index < -0.39 is 8.32 Å². The first-order chi connectivity index (χ1) is 8.13. The Bertz CT molecular complexity index is 474. The molecule has 2 heteroatoms. The minimum absolute atomic E-state index is 1.26. The number of rotatable bonds is 3. The van der Waals surface area contributed by atoms with Crippen molar-refractivity contribution in [2.75, 3.05) is 7.11 Å². The molecule has 17 heavy (non-hydrogen) atoms. The summed E-state index contributed by atoms with van der Waals surface area (Å²) in [5, 5.41) is 1.33. The number of hydrogen-bond donors (Lipinski definition) is 0. The van der Waals surface area contributed by atoms with E-state index in [1.165, 1.54) is 16.3 Å². The summed E-state index contributed by atoms with van der Waals surface area (Å²) in [6, 6.07) is 19.2. The molecular formula is C15H18OSi. The average molecular weight is 242 g/mol. The highest BCUT2D eigenvalue weighted by molar-refractivity contribution is 6.84. The van der Waals surface area contributed by atoms with E-state index in [0.717, 1.165) is 0 Å². The van der Waals surface area contributed by atoms with Crippen molar-refractivity contribution < 1.29 is 4.43 Å². The maximum atomic E-state index is 5.61. The molecule has 88 valence electrons. The Balaban J connectivity index is 2.31. The van der Waals surface area contributed by atoms with Gasteiger partial charge in [-0.2, -0.15) is 0 Å². The van der Waals surface area contributed by atoms with Crippen LogP contribution in [0, 0.1) is 0 Å². The van der Waals surface area contributed by atoms with Gasteiger partial charge in [-0.1, -0.05) is 54.6 Å². The molecule has 0 aliphatic carbocycles. The van der Waals surface area contributed by atoms with E-state index in [1.807, 2.05) is 6.07 Å². The van der Waals surface area contributed by atoms with E-state index in [9.17, 15) is 0 Å². The highest BCUT2D eigenvalue weighted by Crippen LogP contribution is 2.18. The van der Waals surface area contributed by atoms with Crippen LogP contribution in [0.25, 0.3) is 11.1 Å². The van der Waals surface area contributed by atoms with Crippen LogP contribution in [0.1, 0.15) is 0 Å². The van der Waals surface area contributed by atoms with Crippen molar-refractivity contribution in [2.24, 2.45) is 0 Å². The van der Waals surface area contributed by atoms with E-state index in [-0.39, 0.29) is 0 Å². The minimum Gasteiger partial charge on any atom is -0.416 e. The van der Waals surface area contributed by atoms with E-state index in [0.29, 0.717) is 0 Å². The van der Waals surface area contributed by atoms with Crippen molar-refractivity contribution in [3.8, 4) is 11.1 Å². The van der Waals surface area contributed by atoms with Crippen molar-refractivity contribution in [1.29, 1.82) is 0 Å². The van der Waals surface area contributed by atoms with Crippen LogP contribution in [0.5, 0.6) is 0 Å². The SMILES string of the molecule is CO[Si](C)(C)c1ccc(-c2ccccc2)cc1. The van der Waals surface area contributed by atoms with Gasteiger partial charge < -0.3 is 4.43 Å². The zero-order valence-electron chi connectivity index (χ0n) is 10.6. The second kappa shape index (κ2) is 4.86. The second-order valence-electron chi connectivity index (χ2n) is 4.66. The largest absolute Gasteiger partial charge is 0.416 e. The molecule has 0 radical (unpaired) electrons. The first kappa shape index (κ1) is 12.1. The normalized spacial score (nSPS) is 11.5. The third-order valence-electron chi connectivity index (χ3n) is 3.20. The predicted molar refractivity (Wildman–Crippen MR) is 76.0 cm³/mol. The van der Waals surface area contributed by atoms with Gasteiger partial charge in [-0.3, -0.25) is 0 Å². The van der Waals surface area contributed by atoms with Gasteiger partial charge in [0.2, 0.25) is 8.32 Å². The van der Waals surface area contributed by atoms with Crippen LogP contribution >= 0.6 is 0 Å². The standard InChI is InChI=1S/C15H18OSi/c1-16-17(2,3)15-11-9-14(10-12-15)13-7-5-4-6-8-13/h4-12H,1-3H3. The van der Waals surface area contributed by atoms with Gasteiger partial charge in [0, 0.05) is 7.11 Å². The van der Waals surface area contributed by atoms with E-state index >= 15 is 0 Å². The molecule has 0 saturated carbocycles. The third kappa shape index (κ3) is 2.65. The fraction of sp³-hybridized carbons (Fsp3) is 0.200. The topological polar surface area (TPSA) is 9.23 Å². The smallest absolute Gasteiger partial charge is 0.217 e. The molecule has 0 spiro atoms. The van der Waals surface area contributed by atoms with Gasteiger partial charge in [0.1, 0.15) is 0 Å². The maximum absolute atomic E-state index is 5.61. The molecule has 0 fully saturated rings. The van der Waals surface area contributed by atoms with E-state index in [2.05, 4.69) is 61.6 Å². The Morgan fingerprint density at radius 2 is 1.29 bits per heavy atom.